The van der Waals surface area contributed by atoms with E-state index in [0.29, 0.717) is 32.2 Å². The van der Waals surface area contributed by atoms with Crippen LogP contribution in [0.2, 0.25) is 0 Å². The highest BCUT2D eigenvalue weighted by molar-refractivity contribution is 5.78. The monoisotopic (exact) mass is 258 g/mol. The molecule has 1 aliphatic rings. The minimum Gasteiger partial charge on any atom is -0.389 e. The van der Waals surface area contributed by atoms with Gasteiger partial charge in [-0.2, -0.15) is 0 Å². The molecule has 106 valence electrons. The second-order valence-corrected chi connectivity index (χ2v) is 5.25. The Labute approximate surface area is 109 Å². The van der Waals surface area contributed by atoms with Gasteiger partial charge in [-0.15, -0.1) is 0 Å². The molecule has 1 atom stereocenters. The molecule has 0 bridgehead atoms. The van der Waals surface area contributed by atoms with Crippen LogP contribution in [0.1, 0.15) is 33.1 Å². The van der Waals surface area contributed by atoms with Gasteiger partial charge in [0.1, 0.15) is 0 Å². The lowest BCUT2D eigenvalue weighted by Crippen LogP contribution is -2.44. The Kier molecular flexibility index (Phi) is 6.05. The van der Waals surface area contributed by atoms with Gasteiger partial charge in [-0.05, 0) is 26.7 Å². The summed E-state index contributed by atoms with van der Waals surface area (Å²) in [5, 5.41) is 13.0. The van der Waals surface area contributed by atoms with Crippen LogP contribution in [0.5, 0.6) is 0 Å². The number of methoxy groups -OCH3 is 1. The van der Waals surface area contributed by atoms with Gasteiger partial charge in [0.05, 0.1) is 12.1 Å². The molecule has 0 aromatic carbocycles. The zero-order valence-corrected chi connectivity index (χ0v) is 11.7. The summed E-state index contributed by atoms with van der Waals surface area (Å²) in [7, 11) is 1.61. The molecule has 0 saturated heterocycles. The van der Waals surface area contributed by atoms with E-state index in [1.54, 1.807) is 14.0 Å². The molecule has 0 aliphatic heterocycles. The van der Waals surface area contributed by atoms with Crippen molar-refractivity contribution in [1.29, 1.82) is 0 Å². The Hall–Kier alpha value is -0.650. The molecule has 5 nitrogen and oxygen atoms in total. The Balaban J connectivity index is 2.21. The summed E-state index contributed by atoms with van der Waals surface area (Å²) >= 11 is 0. The topological polar surface area (TPSA) is 61.8 Å². The third-order valence-electron chi connectivity index (χ3n) is 3.28. The fourth-order valence-electron chi connectivity index (χ4n) is 1.97. The van der Waals surface area contributed by atoms with Gasteiger partial charge in [-0.3, -0.25) is 4.79 Å². The Bertz CT molecular complexity index is 265. The maximum atomic E-state index is 11.9. The molecule has 1 fully saturated rings. The molecule has 1 aliphatic carbocycles. The SMILES string of the molecule is CCN(C(=O)CNCC(C)(O)CCOC)C1CC1. The number of hydrogen-bond acceptors (Lipinski definition) is 4. The van der Waals surface area contributed by atoms with Gasteiger partial charge in [0.25, 0.3) is 0 Å². The van der Waals surface area contributed by atoms with Crippen LogP contribution in [0, 0.1) is 0 Å². The molecule has 0 aromatic rings. The van der Waals surface area contributed by atoms with Crippen molar-refractivity contribution >= 4 is 5.91 Å². The Morgan fingerprint density at radius 1 is 1.56 bits per heavy atom. The van der Waals surface area contributed by atoms with E-state index in [2.05, 4.69) is 5.32 Å². The molecule has 1 unspecified atom stereocenters. The van der Waals surface area contributed by atoms with Crippen LogP contribution in [-0.4, -0.2) is 60.9 Å². The lowest BCUT2D eigenvalue weighted by Gasteiger charge is -2.25. The molecule has 2 N–H and O–H groups in total. The van der Waals surface area contributed by atoms with Crippen LogP contribution in [0.15, 0.2) is 0 Å². The molecule has 0 aromatic heterocycles. The predicted molar refractivity (Wildman–Crippen MR) is 70.4 cm³/mol. The third kappa shape index (κ3) is 5.33. The van der Waals surface area contributed by atoms with Crippen molar-refractivity contribution in [1.82, 2.24) is 10.2 Å². The highest BCUT2D eigenvalue weighted by atomic mass is 16.5. The third-order valence-corrected chi connectivity index (χ3v) is 3.28. The second-order valence-electron chi connectivity index (χ2n) is 5.25. The molecule has 18 heavy (non-hydrogen) atoms. The van der Waals surface area contributed by atoms with E-state index in [1.807, 2.05) is 11.8 Å². The van der Waals surface area contributed by atoms with Crippen molar-refractivity contribution in [3.8, 4) is 0 Å². The number of amides is 1. The largest absolute Gasteiger partial charge is 0.389 e. The highest BCUT2D eigenvalue weighted by Crippen LogP contribution is 2.26. The zero-order valence-electron chi connectivity index (χ0n) is 11.7. The van der Waals surface area contributed by atoms with Crippen molar-refractivity contribution < 1.29 is 14.6 Å². The summed E-state index contributed by atoms with van der Waals surface area (Å²) in [5.41, 5.74) is -0.826. The minimum absolute atomic E-state index is 0.127. The fraction of sp³-hybridized carbons (Fsp3) is 0.923. The number of likely N-dealkylation sites (N-methyl/N-ethyl adjacent to an activating group) is 1. The summed E-state index contributed by atoms with van der Waals surface area (Å²) < 4.78 is 4.94. The standard InChI is InChI=1S/C13H26N2O3/c1-4-15(11-5-6-11)12(16)9-14-10-13(2,17)7-8-18-3/h11,14,17H,4-10H2,1-3H3. The number of aliphatic hydroxyl groups is 1. The predicted octanol–water partition coefficient (Wildman–Crippen LogP) is 0.374. The zero-order chi connectivity index (χ0) is 13.6. The van der Waals surface area contributed by atoms with Crippen molar-refractivity contribution in [3.63, 3.8) is 0 Å². The molecule has 0 radical (unpaired) electrons. The maximum absolute atomic E-state index is 11.9. The molecular weight excluding hydrogens is 232 g/mol. The van der Waals surface area contributed by atoms with Crippen molar-refractivity contribution in [2.45, 2.75) is 44.8 Å². The Morgan fingerprint density at radius 2 is 2.22 bits per heavy atom. The first-order valence-corrected chi connectivity index (χ1v) is 6.71. The van der Waals surface area contributed by atoms with Crippen LogP contribution in [0.25, 0.3) is 0 Å². The van der Waals surface area contributed by atoms with Gasteiger partial charge in [0.15, 0.2) is 0 Å². The lowest BCUT2D eigenvalue weighted by atomic mass is 10.0. The van der Waals surface area contributed by atoms with Crippen LogP contribution >= 0.6 is 0 Å². The van der Waals surface area contributed by atoms with E-state index in [9.17, 15) is 9.90 Å². The average molecular weight is 258 g/mol. The van der Waals surface area contributed by atoms with Crippen molar-refractivity contribution in [2.24, 2.45) is 0 Å². The van der Waals surface area contributed by atoms with Gasteiger partial charge in [-0.25, -0.2) is 0 Å². The molecule has 0 spiro atoms. The number of hydrogen-bond donors (Lipinski definition) is 2. The van der Waals surface area contributed by atoms with E-state index in [-0.39, 0.29) is 5.91 Å². The number of nitrogens with zero attached hydrogens (tertiary/aromatic N) is 1. The fourth-order valence-corrected chi connectivity index (χ4v) is 1.97. The van der Waals surface area contributed by atoms with Gasteiger partial charge >= 0.3 is 0 Å². The molecule has 1 rings (SSSR count). The molecule has 0 heterocycles. The number of nitrogens with one attached hydrogen (secondary N) is 1. The minimum atomic E-state index is -0.826. The lowest BCUT2D eigenvalue weighted by molar-refractivity contribution is -0.130. The van der Waals surface area contributed by atoms with E-state index in [0.717, 1.165) is 19.4 Å². The number of carbonyl (C=O) groups is 1. The van der Waals surface area contributed by atoms with E-state index >= 15 is 0 Å². The summed E-state index contributed by atoms with van der Waals surface area (Å²) in [5.74, 6) is 0.127. The number of carbonyl (C=O) groups excluding carboxylic acids is 1. The molecule has 5 heteroatoms. The van der Waals surface area contributed by atoms with Crippen molar-refractivity contribution in [3.05, 3.63) is 0 Å². The summed E-state index contributed by atoms with van der Waals surface area (Å²) in [4.78, 5) is 13.8. The van der Waals surface area contributed by atoms with Gasteiger partial charge < -0.3 is 20.1 Å². The summed E-state index contributed by atoms with van der Waals surface area (Å²) in [6, 6.07) is 0.457. The van der Waals surface area contributed by atoms with Crippen molar-refractivity contribution in [2.75, 3.05) is 33.4 Å². The van der Waals surface area contributed by atoms with E-state index in [1.165, 1.54) is 0 Å². The number of ether oxygens (including phenoxy) is 1. The molecular formula is C13H26N2O3. The second kappa shape index (κ2) is 7.07. The number of rotatable bonds is 9. The van der Waals surface area contributed by atoms with Gasteiger partial charge in [0.2, 0.25) is 5.91 Å². The molecule has 1 saturated carbocycles. The van der Waals surface area contributed by atoms with Gasteiger partial charge in [-0.1, -0.05) is 0 Å². The highest BCUT2D eigenvalue weighted by Gasteiger charge is 2.31. The van der Waals surface area contributed by atoms with Crippen LogP contribution in [0.3, 0.4) is 0 Å². The summed E-state index contributed by atoms with van der Waals surface area (Å²) in [6.07, 6.45) is 2.82. The van der Waals surface area contributed by atoms with E-state index < -0.39 is 5.60 Å². The Morgan fingerprint density at radius 3 is 2.72 bits per heavy atom. The van der Waals surface area contributed by atoms with E-state index in [4.69, 9.17) is 4.74 Å². The first kappa shape index (κ1) is 15.4. The maximum Gasteiger partial charge on any atom is 0.236 e. The smallest absolute Gasteiger partial charge is 0.236 e. The summed E-state index contributed by atoms with van der Waals surface area (Å²) in [6.45, 7) is 5.75. The first-order chi connectivity index (χ1) is 8.50. The normalized spacial score (nSPS) is 18.4. The first-order valence-electron chi connectivity index (χ1n) is 6.71. The average Bonchev–Trinajstić information content (AvgIpc) is 3.12. The van der Waals surface area contributed by atoms with Gasteiger partial charge in [0, 0.05) is 39.3 Å². The quantitative estimate of drug-likeness (QED) is 0.627. The van der Waals surface area contributed by atoms with Crippen LogP contribution in [0.4, 0.5) is 0 Å². The van der Waals surface area contributed by atoms with Crippen LogP contribution in [-0.2, 0) is 9.53 Å². The molecule has 1 amide bonds. The van der Waals surface area contributed by atoms with Crippen LogP contribution < -0.4 is 5.32 Å².